The predicted molar refractivity (Wildman–Crippen MR) is 41.4 cm³/mol. The topological polar surface area (TPSA) is 66.6 Å². The maximum atomic E-state index is 10.5. The molecule has 4 heteroatoms. The van der Waals surface area contributed by atoms with Crippen molar-refractivity contribution >= 4 is 6.09 Å². The number of nitrogens with two attached hydrogens (primary N) is 1. The second kappa shape index (κ2) is 3.09. The minimum atomic E-state index is -0.830. The SMILES string of the molecule is C[C@@H]1CN(C(=O)O)CC[C@@H]1N. The Labute approximate surface area is 66.0 Å². The minimum Gasteiger partial charge on any atom is -0.465 e. The maximum Gasteiger partial charge on any atom is 0.407 e. The number of nitrogens with zero attached hydrogens (tertiary/aromatic N) is 1. The fraction of sp³-hybridized carbons (Fsp3) is 0.857. The van der Waals surface area contributed by atoms with E-state index in [0.29, 0.717) is 19.0 Å². The zero-order valence-electron chi connectivity index (χ0n) is 6.66. The molecule has 3 N–H and O–H groups in total. The lowest BCUT2D eigenvalue weighted by atomic mass is 9.95. The molecule has 0 radical (unpaired) electrons. The van der Waals surface area contributed by atoms with Crippen LogP contribution in [0.4, 0.5) is 4.79 Å². The Morgan fingerprint density at radius 2 is 2.36 bits per heavy atom. The molecule has 4 nitrogen and oxygen atoms in total. The summed E-state index contributed by atoms with van der Waals surface area (Å²) in [6.45, 7) is 3.15. The molecule has 64 valence electrons. The van der Waals surface area contributed by atoms with E-state index >= 15 is 0 Å². The number of carbonyl (C=O) groups is 1. The normalized spacial score (nSPS) is 32.0. The van der Waals surface area contributed by atoms with E-state index < -0.39 is 6.09 Å². The Kier molecular flexibility index (Phi) is 2.34. The highest BCUT2D eigenvalue weighted by Gasteiger charge is 2.25. The molecular weight excluding hydrogens is 144 g/mol. The van der Waals surface area contributed by atoms with E-state index in [1.165, 1.54) is 4.90 Å². The van der Waals surface area contributed by atoms with Crippen LogP contribution in [0.1, 0.15) is 13.3 Å². The second-order valence-corrected chi connectivity index (χ2v) is 3.16. The highest BCUT2D eigenvalue weighted by Crippen LogP contribution is 2.14. The van der Waals surface area contributed by atoms with Crippen LogP contribution in [0.5, 0.6) is 0 Å². The van der Waals surface area contributed by atoms with E-state index in [2.05, 4.69) is 0 Å². The van der Waals surface area contributed by atoms with Crippen LogP contribution in [-0.2, 0) is 0 Å². The summed E-state index contributed by atoms with van der Waals surface area (Å²) in [5.41, 5.74) is 5.72. The molecule has 1 aliphatic rings. The Bertz CT molecular complexity index is 161. The molecule has 1 aliphatic heterocycles. The average molecular weight is 158 g/mol. The number of hydrogen-bond acceptors (Lipinski definition) is 2. The van der Waals surface area contributed by atoms with Crippen molar-refractivity contribution in [1.29, 1.82) is 0 Å². The van der Waals surface area contributed by atoms with Gasteiger partial charge in [-0.2, -0.15) is 0 Å². The van der Waals surface area contributed by atoms with Gasteiger partial charge in [-0.05, 0) is 12.3 Å². The van der Waals surface area contributed by atoms with Crippen molar-refractivity contribution in [2.24, 2.45) is 11.7 Å². The third kappa shape index (κ3) is 1.83. The Morgan fingerprint density at radius 3 is 2.82 bits per heavy atom. The lowest BCUT2D eigenvalue weighted by Gasteiger charge is -2.33. The number of rotatable bonds is 0. The molecule has 0 aromatic rings. The first kappa shape index (κ1) is 8.33. The monoisotopic (exact) mass is 158 g/mol. The number of carboxylic acid groups (broad SMARTS) is 1. The summed E-state index contributed by atoms with van der Waals surface area (Å²) < 4.78 is 0. The van der Waals surface area contributed by atoms with Crippen LogP contribution in [0.2, 0.25) is 0 Å². The minimum absolute atomic E-state index is 0.172. The summed E-state index contributed by atoms with van der Waals surface area (Å²) in [5, 5.41) is 8.63. The molecule has 1 heterocycles. The fourth-order valence-electron chi connectivity index (χ4n) is 1.34. The molecule has 0 aliphatic carbocycles. The van der Waals surface area contributed by atoms with E-state index in [4.69, 9.17) is 10.8 Å². The van der Waals surface area contributed by atoms with Gasteiger partial charge in [0.1, 0.15) is 0 Å². The second-order valence-electron chi connectivity index (χ2n) is 3.16. The van der Waals surface area contributed by atoms with Crippen molar-refractivity contribution in [2.75, 3.05) is 13.1 Å². The summed E-state index contributed by atoms with van der Waals surface area (Å²) in [7, 11) is 0. The third-order valence-electron chi connectivity index (χ3n) is 2.24. The van der Waals surface area contributed by atoms with Crippen molar-refractivity contribution in [2.45, 2.75) is 19.4 Å². The summed E-state index contributed by atoms with van der Waals surface area (Å²) >= 11 is 0. The van der Waals surface area contributed by atoms with Crippen molar-refractivity contribution < 1.29 is 9.90 Å². The molecule has 2 atom stereocenters. The molecule has 0 unspecified atom stereocenters. The van der Waals surface area contributed by atoms with Crippen LogP contribution in [0, 0.1) is 5.92 Å². The zero-order chi connectivity index (χ0) is 8.43. The lowest BCUT2D eigenvalue weighted by Crippen LogP contribution is -2.47. The van der Waals surface area contributed by atoms with Gasteiger partial charge in [0, 0.05) is 19.1 Å². The summed E-state index contributed by atoms with van der Waals surface area (Å²) in [4.78, 5) is 11.9. The van der Waals surface area contributed by atoms with Gasteiger partial charge in [0.05, 0.1) is 0 Å². The van der Waals surface area contributed by atoms with E-state index in [1.54, 1.807) is 0 Å². The molecule has 1 rings (SSSR count). The van der Waals surface area contributed by atoms with Crippen molar-refractivity contribution in [3.63, 3.8) is 0 Å². The van der Waals surface area contributed by atoms with Gasteiger partial charge in [0.25, 0.3) is 0 Å². The first-order valence-corrected chi connectivity index (χ1v) is 3.84. The van der Waals surface area contributed by atoms with Gasteiger partial charge >= 0.3 is 6.09 Å². The number of likely N-dealkylation sites (tertiary alicyclic amines) is 1. The summed E-state index contributed by atoms with van der Waals surface area (Å²) in [6, 6.07) is 0.172. The molecule has 1 saturated heterocycles. The molecule has 1 fully saturated rings. The van der Waals surface area contributed by atoms with E-state index in [-0.39, 0.29) is 6.04 Å². The predicted octanol–water partition coefficient (Wildman–Crippen LogP) is 0.334. The first-order chi connectivity index (χ1) is 5.11. The van der Waals surface area contributed by atoms with Gasteiger partial charge in [-0.1, -0.05) is 6.92 Å². The van der Waals surface area contributed by atoms with E-state index in [0.717, 1.165) is 6.42 Å². The smallest absolute Gasteiger partial charge is 0.407 e. The van der Waals surface area contributed by atoms with Gasteiger partial charge < -0.3 is 15.7 Å². The number of piperidine rings is 1. The summed E-state index contributed by atoms with van der Waals surface area (Å²) in [5.74, 6) is 0.292. The van der Waals surface area contributed by atoms with Crippen LogP contribution >= 0.6 is 0 Å². The van der Waals surface area contributed by atoms with Gasteiger partial charge in [-0.25, -0.2) is 4.79 Å². The first-order valence-electron chi connectivity index (χ1n) is 3.84. The highest BCUT2D eigenvalue weighted by atomic mass is 16.4. The molecular formula is C7H14N2O2. The van der Waals surface area contributed by atoms with Gasteiger partial charge in [0.2, 0.25) is 0 Å². The van der Waals surface area contributed by atoms with Gasteiger partial charge in [0.15, 0.2) is 0 Å². The van der Waals surface area contributed by atoms with Crippen LogP contribution in [0.25, 0.3) is 0 Å². The van der Waals surface area contributed by atoms with E-state index in [9.17, 15) is 4.79 Å². The quantitative estimate of drug-likeness (QED) is 0.534. The number of amides is 1. The molecule has 0 saturated carbocycles. The Morgan fingerprint density at radius 1 is 1.73 bits per heavy atom. The van der Waals surface area contributed by atoms with Gasteiger partial charge in [-0.15, -0.1) is 0 Å². The molecule has 1 amide bonds. The van der Waals surface area contributed by atoms with Crippen molar-refractivity contribution in [1.82, 2.24) is 4.90 Å². The van der Waals surface area contributed by atoms with Crippen LogP contribution in [-0.4, -0.2) is 35.2 Å². The lowest BCUT2D eigenvalue weighted by molar-refractivity contribution is 0.117. The molecule has 0 aromatic carbocycles. The zero-order valence-corrected chi connectivity index (χ0v) is 6.66. The summed E-state index contributed by atoms with van der Waals surface area (Å²) in [6.07, 6.45) is -0.0447. The van der Waals surface area contributed by atoms with Crippen molar-refractivity contribution in [3.05, 3.63) is 0 Å². The fourth-order valence-corrected chi connectivity index (χ4v) is 1.34. The van der Waals surface area contributed by atoms with Crippen LogP contribution < -0.4 is 5.73 Å². The Hall–Kier alpha value is -0.770. The third-order valence-corrected chi connectivity index (χ3v) is 2.24. The van der Waals surface area contributed by atoms with Crippen LogP contribution in [0.3, 0.4) is 0 Å². The number of hydrogen-bond donors (Lipinski definition) is 2. The average Bonchev–Trinajstić information content (AvgIpc) is 1.94. The molecule has 0 spiro atoms. The van der Waals surface area contributed by atoms with Gasteiger partial charge in [-0.3, -0.25) is 0 Å². The van der Waals surface area contributed by atoms with Crippen molar-refractivity contribution in [3.8, 4) is 0 Å². The molecule has 0 aromatic heterocycles. The standard InChI is InChI=1S/C7H14N2O2/c1-5-4-9(7(10)11)3-2-6(5)8/h5-6H,2-4,8H2,1H3,(H,10,11)/t5-,6+/m1/s1. The molecule has 11 heavy (non-hydrogen) atoms. The largest absolute Gasteiger partial charge is 0.465 e. The van der Waals surface area contributed by atoms with E-state index in [1.807, 2.05) is 6.92 Å². The maximum absolute atomic E-state index is 10.5. The Balaban J connectivity index is 2.46. The highest BCUT2D eigenvalue weighted by molar-refractivity contribution is 5.65. The van der Waals surface area contributed by atoms with Crippen LogP contribution in [0.15, 0.2) is 0 Å². The molecule has 0 bridgehead atoms.